The monoisotopic (exact) mass is 441 g/mol. The number of para-hydroxylation sites is 1. The quantitative estimate of drug-likeness (QED) is 0.492. The van der Waals surface area contributed by atoms with E-state index in [-0.39, 0.29) is 22.8 Å². The van der Waals surface area contributed by atoms with Gasteiger partial charge in [0.1, 0.15) is 23.2 Å². The minimum atomic E-state index is -0.836. The number of hydrogen-bond donors (Lipinski definition) is 1. The highest BCUT2D eigenvalue weighted by atomic mass is 35.5. The number of nitrogens with zero attached hydrogens (tertiary/aromatic N) is 2. The van der Waals surface area contributed by atoms with Gasteiger partial charge in [-0.3, -0.25) is 9.36 Å². The number of hydrogen-bond acceptors (Lipinski definition) is 4. The van der Waals surface area contributed by atoms with Crippen molar-refractivity contribution < 1.29 is 13.5 Å². The lowest BCUT2D eigenvalue weighted by molar-refractivity contribution is 0.414. The highest BCUT2D eigenvalue weighted by Crippen LogP contribution is 2.28. The van der Waals surface area contributed by atoms with Crippen LogP contribution in [0.3, 0.4) is 0 Å². The van der Waals surface area contributed by atoms with Gasteiger partial charge in [0.15, 0.2) is 0 Å². The summed E-state index contributed by atoms with van der Waals surface area (Å²) in [5.74, 6) is -0.661. The zero-order chi connectivity index (χ0) is 22.1. The SMILES string of the molecule is COc1ccc(-n2c([C@@H](N)Cc3cc(F)cc(F)c3)nc3ccccc3c2=O)c(Cl)c1. The molecule has 0 aliphatic carbocycles. The molecule has 0 amide bonds. The number of rotatable bonds is 5. The molecule has 0 radical (unpaired) electrons. The maximum atomic E-state index is 13.6. The first-order valence-electron chi connectivity index (χ1n) is 9.43. The molecule has 1 heterocycles. The van der Waals surface area contributed by atoms with Crippen molar-refractivity contribution in [2.45, 2.75) is 12.5 Å². The molecule has 2 N–H and O–H groups in total. The third kappa shape index (κ3) is 4.15. The predicted molar refractivity (Wildman–Crippen MR) is 116 cm³/mol. The molecule has 4 aromatic rings. The molecule has 0 fully saturated rings. The summed E-state index contributed by atoms with van der Waals surface area (Å²) in [6.07, 6.45) is 0.0627. The van der Waals surface area contributed by atoms with E-state index in [9.17, 15) is 13.6 Å². The number of nitrogens with two attached hydrogens (primary N) is 1. The van der Waals surface area contributed by atoms with E-state index >= 15 is 0 Å². The van der Waals surface area contributed by atoms with Crippen molar-refractivity contribution in [3.63, 3.8) is 0 Å². The Hall–Kier alpha value is -3.29. The molecule has 0 unspecified atom stereocenters. The summed E-state index contributed by atoms with van der Waals surface area (Å²) in [4.78, 5) is 18.0. The first-order chi connectivity index (χ1) is 14.9. The standard InChI is InChI=1S/C23H18ClF2N3O2/c1-31-16-6-7-21(18(24)12-16)29-22(28-20-5-3-2-4-17(20)23(29)30)19(27)10-13-8-14(25)11-15(26)9-13/h2-9,11-12,19H,10,27H2,1H3/t19-/m0/s1. The van der Waals surface area contributed by atoms with Crippen LogP contribution in [0, 0.1) is 11.6 Å². The van der Waals surface area contributed by atoms with E-state index in [4.69, 9.17) is 22.1 Å². The van der Waals surface area contributed by atoms with E-state index in [1.54, 1.807) is 42.5 Å². The molecule has 0 saturated carbocycles. The van der Waals surface area contributed by atoms with E-state index in [0.717, 1.165) is 6.07 Å². The second-order valence-corrected chi connectivity index (χ2v) is 7.44. The molecule has 0 spiro atoms. The van der Waals surface area contributed by atoms with Crippen LogP contribution in [0.25, 0.3) is 16.6 Å². The molecular formula is C23H18ClF2N3O2. The first-order valence-corrected chi connectivity index (χ1v) is 9.81. The molecule has 5 nitrogen and oxygen atoms in total. The lowest BCUT2D eigenvalue weighted by atomic mass is 10.0. The number of methoxy groups -OCH3 is 1. The Balaban J connectivity index is 1.91. The van der Waals surface area contributed by atoms with E-state index < -0.39 is 17.7 Å². The Morgan fingerprint density at radius 1 is 1.10 bits per heavy atom. The van der Waals surface area contributed by atoms with Gasteiger partial charge in [0.05, 0.1) is 34.8 Å². The Bertz CT molecular complexity index is 1320. The van der Waals surface area contributed by atoms with Crippen molar-refractivity contribution in [1.29, 1.82) is 0 Å². The lowest BCUT2D eigenvalue weighted by Crippen LogP contribution is -2.29. The molecule has 8 heteroatoms. The second kappa shape index (κ2) is 8.45. The number of benzene rings is 3. The smallest absolute Gasteiger partial charge is 0.266 e. The van der Waals surface area contributed by atoms with Crippen LogP contribution in [0.5, 0.6) is 5.75 Å². The Kier molecular flexibility index (Phi) is 5.71. The Morgan fingerprint density at radius 3 is 2.48 bits per heavy atom. The van der Waals surface area contributed by atoms with Crippen LogP contribution in [0.4, 0.5) is 8.78 Å². The summed E-state index contributed by atoms with van der Waals surface area (Å²) in [5, 5.41) is 0.658. The zero-order valence-electron chi connectivity index (χ0n) is 16.5. The van der Waals surface area contributed by atoms with Gasteiger partial charge in [-0.15, -0.1) is 0 Å². The number of halogens is 3. The molecular weight excluding hydrogens is 424 g/mol. The van der Waals surface area contributed by atoms with Gasteiger partial charge >= 0.3 is 0 Å². The van der Waals surface area contributed by atoms with E-state index in [1.807, 2.05) is 0 Å². The van der Waals surface area contributed by atoms with E-state index in [1.165, 1.54) is 23.8 Å². The second-order valence-electron chi connectivity index (χ2n) is 7.03. The average Bonchev–Trinajstić information content (AvgIpc) is 2.73. The van der Waals surface area contributed by atoms with Crippen LogP contribution in [0.2, 0.25) is 5.02 Å². The van der Waals surface area contributed by atoms with Crippen molar-refractivity contribution >= 4 is 22.5 Å². The van der Waals surface area contributed by atoms with Gasteiger partial charge in [0, 0.05) is 12.1 Å². The molecule has 31 heavy (non-hydrogen) atoms. The minimum absolute atomic E-state index is 0.0627. The van der Waals surface area contributed by atoms with Gasteiger partial charge in [-0.25, -0.2) is 13.8 Å². The van der Waals surface area contributed by atoms with Crippen LogP contribution in [-0.4, -0.2) is 16.7 Å². The van der Waals surface area contributed by atoms with Crippen molar-refractivity contribution in [3.05, 3.63) is 99.1 Å². The zero-order valence-corrected chi connectivity index (χ0v) is 17.2. The van der Waals surface area contributed by atoms with Crippen molar-refractivity contribution in [2.24, 2.45) is 5.73 Å². The highest BCUT2D eigenvalue weighted by molar-refractivity contribution is 6.32. The lowest BCUT2D eigenvalue weighted by Gasteiger charge is -2.20. The van der Waals surface area contributed by atoms with Crippen LogP contribution >= 0.6 is 11.6 Å². The third-order valence-corrected chi connectivity index (χ3v) is 5.21. The van der Waals surface area contributed by atoms with Gasteiger partial charge < -0.3 is 10.5 Å². The molecule has 158 valence electrons. The molecule has 3 aromatic carbocycles. The van der Waals surface area contributed by atoms with Gasteiger partial charge in [-0.1, -0.05) is 23.7 Å². The first kappa shape index (κ1) is 21.0. The van der Waals surface area contributed by atoms with E-state index in [0.29, 0.717) is 27.9 Å². The number of ether oxygens (including phenoxy) is 1. The van der Waals surface area contributed by atoms with Crippen LogP contribution in [0.15, 0.2) is 65.5 Å². The van der Waals surface area contributed by atoms with Crippen LogP contribution < -0.4 is 16.0 Å². The molecule has 1 aromatic heterocycles. The number of aromatic nitrogens is 2. The largest absolute Gasteiger partial charge is 0.497 e. The predicted octanol–water partition coefficient (Wildman–Crippen LogP) is 4.57. The fourth-order valence-corrected chi connectivity index (χ4v) is 3.76. The maximum Gasteiger partial charge on any atom is 0.266 e. The van der Waals surface area contributed by atoms with Crippen molar-refractivity contribution in [2.75, 3.05) is 7.11 Å². The maximum absolute atomic E-state index is 13.6. The highest BCUT2D eigenvalue weighted by Gasteiger charge is 2.21. The fourth-order valence-electron chi connectivity index (χ4n) is 3.50. The molecule has 4 rings (SSSR count). The summed E-state index contributed by atoms with van der Waals surface area (Å²) >= 11 is 6.44. The number of fused-ring (bicyclic) bond motifs is 1. The molecule has 0 aliphatic heterocycles. The Morgan fingerprint density at radius 2 is 1.81 bits per heavy atom. The molecule has 1 atom stereocenters. The van der Waals surface area contributed by atoms with Gasteiger partial charge in [-0.2, -0.15) is 0 Å². The Labute approximate surface area is 181 Å². The van der Waals surface area contributed by atoms with Crippen LogP contribution in [-0.2, 0) is 6.42 Å². The summed E-state index contributed by atoms with van der Waals surface area (Å²) in [5.41, 5.74) is 7.23. The molecule has 0 aliphatic rings. The topological polar surface area (TPSA) is 70.1 Å². The van der Waals surface area contributed by atoms with Crippen LogP contribution in [0.1, 0.15) is 17.4 Å². The minimum Gasteiger partial charge on any atom is -0.497 e. The fraction of sp³-hybridized carbons (Fsp3) is 0.130. The molecule has 0 saturated heterocycles. The van der Waals surface area contributed by atoms with Crippen molar-refractivity contribution in [1.82, 2.24) is 9.55 Å². The third-order valence-electron chi connectivity index (χ3n) is 4.91. The summed E-state index contributed by atoms with van der Waals surface area (Å²) in [6, 6.07) is 14.1. The molecule has 0 bridgehead atoms. The summed E-state index contributed by atoms with van der Waals surface area (Å²) in [6.45, 7) is 0. The van der Waals surface area contributed by atoms with E-state index in [2.05, 4.69) is 4.98 Å². The van der Waals surface area contributed by atoms with Crippen molar-refractivity contribution in [3.8, 4) is 11.4 Å². The average molecular weight is 442 g/mol. The van der Waals surface area contributed by atoms with Gasteiger partial charge in [0.25, 0.3) is 5.56 Å². The normalized spacial score (nSPS) is 12.2. The summed E-state index contributed by atoms with van der Waals surface area (Å²) in [7, 11) is 1.51. The van der Waals surface area contributed by atoms with Gasteiger partial charge in [0.2, 0.25) is 0 Å². The van der Waals surface area contributed by atoms with Gasteiger partial charge in [-0.05, 0) is 48.4 Å². The summed E-state index contributed by atoms with van der Waals surface area (Å²) < 4.78 is 33.8.